The average Bonchev–Trinajstić information content (AvgIpc) is 3.09. The molecule has 0 atom stereocenters. The summed E-state index contributed by atoms with van der Waals surface area (Å²) in [6.45, 7) is 6.98. The number of ether oxygens (including phenoxy) is 2. The first-order valence-electron chi connectivity index (χ1n) is 9.91. The number of rotatable bonds is 10. The predicted octanol–water partition coefficient (Wildman–Crippen LogP) is 2.78. The molecule has 3 rings (SSSR count). The molecule has 0 aliphatic rings. The molecule has 1 amide bonds. The topological polar surface area (TPSA) is 104 Å². The van der Waals surface area contributed by atoms with Gasteiger partial charge < -0.3 is 20.6 Å². The smallest absolute Gasteiger partial charge is 0.230 e. The van der Waals surface area contributed by atoms with E-state index < -0.39 is 0 Å². The molecule has 0 spiro atoms. The SMILES string of the molecule is Cc1cccc(OCCNC(=O)CSc2nnc(COc3c(C)cccc3C)n2N)c1. The van der Waals surface area contributed by atoms with Crippen molar-refractivity contribution in [1.82, 2.24) is 20.2 Å². The number of carbonyl (C=O) groups excluding carboxylic acids is 1. The first kappa shape index (κ1) is 22.5. The number of hydrogen-bond donors (Lipinski definition) is 2. The van der Waals surface area contributed by atoms with Gasteiger partial charge in [-0.3, -0.25) is 4.79 Å². The molecule has 3 N–H and O–H groups in total. The number of para-hydroxylation sites is 1. The van der Waals surface area contributed by atoms with Crippen LogP contribution in [0.2, 0.25) is 0 Å². The molecule has 3 aromatic rings. The lowest BCUT2D eigenvalue weighted by Crippen LogP contribution is -2.29. The molecule has 0 unspecified atom stereocenters. The molecule has 8 nitrogen and oxygen atoms in total. The summed E-state index contributed by atoms with van der Waals surface area (Å²) in [5, 5.41) is 11.4. The molecule has 0 saturated heterocycles. The summed E-state index contributed by atoms with van der Waals surface area (Å²) in [7, 11) is 0. The second kappa shape index (κ2) is 10.7. The summed E-state index contributed by atoms with van der Waals surface area (Å²) in [6.07, 6.45) is 0. The molecule has 9 heteroatoms. The minimum atomic E-state index is -0.130. The van der Waals surface area contributed by atoms with Crippen LogP contribution in [0.5, 0.6) is 11.5 Å². The zero-order valence-corrected chi connectivity index (χ0v) is 18.7. The van der Waals surface area contributed by atoms with Gasteiger partial charge in [0, 0.05) is 0 Å². The van der Waals surface area contributed by atoms with E-state index in [4.69, 9.17) is 15.3 Å². The summed E-state index contributed by atoms with van der Waals surface area (Å²) in [6, 6.07) is 13.7. The largest absolute Gasteiger partial charge is 0.492 e. The molecule has 31 heavy (non-hydrogen) atoms. The zero-order chi connectivity index (χ0) is 22.2. The van der Waals surface area contributed by atoms with Crippen LogP contribution < -0.4 is 20.6 Å². The van der Waals surface area contributed by atoms with Crippen LogP contribution in [-0.4, -0.2) is 39.7 Å². The van der Waals surface area contributed by atoms with E-state index >= 15 is 0 Å². The van der Waals surface area contributed by atoms with Crippen LogP contribution in [0.3, 0.4) is 0 Å². The van der Waals surface area contributed by atoms with E-state index in [1.807, 2.05) is 63.2 Å². The Morgan fingerprint density at radius 3 is 2.58 bits per heavy atom. The second-order valence-electron chi connectivity index (χ2n) is 7.08. The van der Waals surface area contributed by atoms with Crippen molar-refractivity contribution in [3.8, 4) is 11.5 Å². The van der Waals surface area contributed by atoms with Gasteiger partial charge in [0.2, 0.25) is 11.1 Å². The Kier molecular flexibility index (Phi) is 7.77. The summed E-state index contributed by atoms with van der Waals surface area (Å²) in [5.74, 6) is 8.20. The van der Waals surface area contributed by atoms with Crippen LogP contribution in [0.1, 0.15) is 22.5 Å². The van der Waals surface area contributed by atoms with E-state index in [1.165, 1.54) is 16.4 Å². The third-order valence-electron chi connectivity index (χ3n) is 4.50. The molecule has 0 radical (unpaired) electrons. The van der Waals surface area contributed by atoms with E-state index in [0.29, 0.717) is 24.1 Å². The minimum Gasteiger partial charge on any atom is -0.492 e. The maximum atomic E-state index is 12.1. The lowest BCUT2D eigenvalue weighted by Gasteiger charge is -2.11. The van der Waals surface area contributed by atoms with Gasteiger partial charge in [0.25, 0.3) is 0 Å². The van der Waals surface area contributed by atoms with Gasteiger partial charge in [0.05, 0.1) is 12.3 Å². The summed E-state index contributed by atoms with van der Waals surface area (Å²) in [4.78, 5) is 12.1. The van der Waals surface area contributed by atoms with Crippen LogP contribution in [0.15, 0.2) is 47.6 Å². The fourth-order valence-corrected chi connectivity index (χ4v) is 3.62. The van der Waals surface area contributed by atoms with Crippen LogP contribution in [0, 0.1) is 20.8 Å². The van der Waals surface area contributed by atoms with Crippen molar-refractivity contribution < 1.29 is 14.3 Å². The average molecular weight is 442 g/mol. The molecular formula is C22H27N5O3S. The molecule has 0 fully saturated rings. The fraction of sp³-hybridized carbons (Fsp3) is 0.318. The zero-order valence-electron chi connectivity index (χ0n) is 17.9. The monoisotopic (exact) mass is 441 g/mol. The van der Waals surface area contributed by atoms with Gasteiger partial charge in [-0.15, -0.1) is 10.2 Å². The van der Waals surface area contributed by atoms with Gasteiger partial charge in [0.15, 0.2) is 5.82 Å². The molecular weight excluding hydrogens is 414 g/mol. The van der Waals surface area contributed by atoms with Gasteiger partial charge in [-0.1, -0.05) is 42.1 Å². The number of nitrogen functional groups attached to an aromatic ring is 1. The number of carbonyl (C=O) groups is 1. The van der Waals surface area contributed by atoms with E-state index in [9.17, 15) is 4.79 Å². The molecule has 0 bridgehead atoms. The third kappa shape index (κ3) is 6.39. The highest BCUT2D eigenvalue weighted by Crippen LogP contribution is 2.23. The normalized spacial score (nSPS) is 10.7. The highest BCUT2D eigenvalue weighted by Gasteiger charge is 2.14. The summed E-state index contributed by atoms with van der Waals surface area (Å²) in [5.41, 5.74) is 3.21. The Morgan fingerprint density at radius 1 is 1.10 bits per heavy atom. The van der Waals surface area contributed by atoms with Gasteiger partial charge in [0.1, 0.15) is 24.7 Å². The lowest BCUT2D eigenvalue weighted by molar-refractivity contribution is -0.118. The van der Waals surface area contributed by atoms with Crippen LogP contribution in [-0.2, 0) is 11.4 Å². The predicted molar refractivity (Wildman–Crippen MR) is 121 cm³/mol. The molecule has 0 saturated carbocycles. The Morgan fingerprint density at radius 2 is 1.84 bits per heavy atom. The number of nitrogens with two attached hydrogens (primary N) is 1. The number of thioether (sulfide) groups is 1. The Balaban J connectivity index is 1.41. The quantitative estimate of drug-likeness (QED) is 0.283. The number of benzene rings is 2. The van der Waals surface area contributed by atoms with Crippen molar-refractivity contribution in [3.63, 3.8) is 0 Å². The first-order valence-corrected chi connectivity index (χ1v) is 10.9. The highest BCUT2D eigenvalue weighted by molar-refractivity contribution is 7.99. The van der Waals surface area contributed by atoms with Crippen molar-refractivity contribution in [3.05, 3.63) is 65.0 Å². The minimum absolute atomic E-state index is 0.130. The Labute approximate surface area is 186 Å². The molecule has 1 aromatic heterocycles. The standard InChI is InChI=1S/C22H27N5O3S/c1-15-6-4-9-18(12-15)29-11-10-24-20(28)14-31-22-26-25-19(27(22)23)13-30-21-16(2)7-5-8-17(21)3/h4-9,12H,10-11,13-14,23H2,1-3H3,(H,24,28). The van der Waals surface area contributed by atoms with Gasteiger partial charge >= 0.3 is 0 Å². The van der Waals surface area contributed by atoms with Gasteiger partial charge in [-0.2, -0.15) is 0 Å². The molecule has 2 aromatic carbocycles. The van der Waals surface area contributed by atoms with E-state index in [0.717, 1.165) is 28.2 Å². The van der Waals surface area contributed by atoms with Gasteiger partial charge in [-0.05, 0) is 49.6 Å². The molecule has 0 aliphatic heterocycles. The van der Waals surface area contributed by atoms with Crippen LogP contribution >= 0.6 is 11.8 Å². The molecule has 1 heterocycles. The van der Waals surface area contributed by atoms with Crippen molar-refractivity contribution in [2.75, 3.05) is 24.7 Å². The van der Waals surface area contributed by atoms with Crippen molar-refractivity contribution in [1.29, 1.82) is 0 Å². The van der Waals surface area contributed by atoms with Crippen LogP contribution in [0.25, 0.3) is 0 Å². The second-order valence-corrected chi connectivity index (χ2v) is 8.02. The van der Waals surface area contributed by atoms with Crippen LogP contribution in [0.4, 0.5) is 0 Å². The summed E-state index contributed by atoms with van der Waals surface area (Å²) < 4.78 is 12.9. The van der Waals surface area contributed by atoms with E-state index in [-0.39, 0.29) is 18.3 Å². The lowest BCUT2D eigenvalue weighted by atomic mass is 10.1. The highest BCUT2D eigenvalue weighted by atomic mass is 32.2. The Hall–Kier alpha value is -3.20. The fourth-order valence-electron chi connectivity index (χ4n) is 2.91. The number of aryl methyl sites for hydroxylation is 3. The number of nitrogens with zero attached hydrogens (tertiary/aromatic N) is 3. The maximum Gasteiger partial charge on any atom is 0.230 e. The number of aromatic nitrogens is 3. The van der Waals surface area contributed by atoms with Crippen molar-refractivity contribution in [2.45, 2.75) is 32.5 Å². The van der Waals surface area contributed by atoms with Crippen molar-refractivity contribution in [2.24, 2.45) is 0 Å². The molecule has 0 aliphatic carbocycles. The first-order chi connectivity index (χ1) is 14.9. The number of hydrogen-bond acceptors (Lipinski definition) is 7. The van der Waals surface area contributed by atoms with Crippen molar-refractivity contribution >= 4 is 17.7 Å². The maximum absolute atomic E-state index is 12.1. The van der Waals surface area contributed by atoms with E-state index in [2.05, 4.69) is 15.5 Å². The summed E-state index contributed by atoms with van der Waals surface area (Å²) >= 11 is 1.22. The van der Waals surface area contributed by atoms with Gasteiger partial charge in [-0.25, -0.2) is 4.68 Å². The third-order valence-corrected chi connectivity index (χ3v) is 5.45. The number of nitrogens with one attached hydrogen (secondary N) is 1. The molecule has 164 valence electrons. The van der Waals surface area contributed by atoms with E-state index in [1.54, 1.807) is 0 Å². The Bertz CT molecular complexity index is 1020. The number of amides is 1.